The number of likely N-dealkylation sites (tertiary alicyclic amines) is 1. The van der Waals surface area contributed by atoms with Gasteiger partial charge >= 0.3 is 5.97 Å². The van der Waals surface area contributed by atoms with Gasteiger partial charge in [-0.25, -0.2) is 4.90 Å². The third kappa shape index (κ3) is 2.47. The summed E-state index contributed by atoms with van der Waals surface area (Å²) < 4.78 is 4.89. The molecular weight excluding hydrogens is 468 g/mol. The Hall–Kier alpha value is -2.22. The molecule has 6 nitrogen and oxygen atoms in total. The van der Waals surface area contributed by atoms with Gasteiger partial charge < -0.3 is 9.64 Å². The van der Waals surface area contributed by atoms with Crippen LogP contribution in [-0.4, -0.2) is 59.7 Å². The summed E-state index contributed by atoms with van der Waals surface area (Å²) >= 11 is 4.10. The number of fused-ring (bicyclic) bond motifs is 3. The van der Waals surface area contributed by atoms with Gasteiger partial charge in [0.2, 0.25) is 0 Å². The van der Waals surface area contributed by atoms with E-state index < -0.39 is 16.0 Å². The quantitative estimate of drug-likeness (QED) is 0.518. The van der Waals surface area contributed by atoms with E-state index in [9.17, 15) is 10.2 Å². The Balaban J connectivity index is 1.59. The van der Waals surface area contributed by atoms with E-state index >= 15 is 0 Å². The van der Waals surface area contributed by atoms with Crippen LogP contribution in [-0.2, 0) is 20.3 Å². The van der Waals surface area contributed by atoms with Gasteiger partial charge in [-0.15, -0.1) is 0 Å². The number of para-hydroxylation sites is 1. The lowest BCUT2D eigenvalue weighted by atomic mass is 9.94. The number of amidine groups is 1. The molecule has 6 rings (SSSR count). The number of carbonyl (C=O) groups excluding carboxylic acids is 1. The molecule has 0 aromatic heterocycles. The molecule has 2 aromatic rings. The maximum Gasteiger partial charge on any atom is 0.323 e. The van der Waals surface area contributed by atoms with E-state index in [0.717, 1.165) is 37.2 Å². The standard InChI is InChI=1S/C25H27BrN4O2/c1-32-21(31)20-16-24(26)18-11-5-6-12-19(18)29-22(27)25(30(20)23(24)29,28-13-7-8-14-28)15-17-9-3-2-4-10-17/h2-6,9-12,20,23,27H,7-8,13-16H2,1H3/t20-,23-,24+,25+/m0/s1. The van der Waals surface area contributed by atoms with E-state index in [2.05, 4.69) is 67.0 Å². The zero-order valence-corrected chi connectivity index (χ0v) is 19.7. The van der Waals surface area contributed by atoms with Crippen molar-refractivity contribution in [3.05, 3.63) is 65.7 Å². The van der Waals surface area contributed by atoms with Gasteiger partial charge in [-0.1, -0.05) is 64.5 Å². The number of hydrogen-bond donors (Lipinski definition) is 1. The van der Waals surface area contributed by atoms with Crippen molar-refractivity contribution in [3.63, 3.8) is 0 Å². The van der Waals surface area contributed by atoms with Gasteiger partial charge in [0.05, 0.1) is 11.4 Å². The molecule has 0 unspecified atom stereocenters. The molecule has 32 heavy (non-hydrogen) atoms. The number of nitrogens with one attached hydrogen (secondary N) is 1. The maximum absolute atomic E-state index is 13.2. The van der Waals surface area contributed by atoms with Crippen LogP contribution in [0, 0.1) is 5.41 Å². The van der Waals surface area contributed by atoms with Gasteiger partial charge in [0.25, 0.3) is 0 Å². The minimum Gasteiger partial charge on any atom is -0.468 e. The Labute approximate surface area is 196 Å². The number of halogens is 1. The van der Waals surface area contributed by atoms with E-state index in [-0.39, 0.29) is 12.1 Å². The number of alkyl halides is 1. The van der Waals surface area contributed by atoms with Crippen LogP contribution < -0.4 is 4.90 Å². The smallest absolute Gasteiger partial charge is 0.323 e. The summed E-state index contributed by atoms with van der Waals surface area (Å²) in [5, 5.41) is 9.63. The minimum absolute atomic E-state index is 0.138. The lowest BCUT2D eigenvalue weighted by Crippen LogP contribution is -2.65. The molecule has 0 saturated carbocycles. The van der Waals surface area contributed by atoms with Crippen molar-refractivity contribution in [1.29, 1.82) is 5.41 Å². The van der Waals surface area contributed by atoms with Crippen LogP contribution in [0.2, 0.25) is 0 Å². The number of anilines is 1. The predicted molar refractivity (Wildman–Crippen MR) is 127 cm³/mol. The molecule has 4 aliphatic heterocycles. The summed E-state index contributed by atoms with van der Waals surface area (Å²) in [6.07, 6.45) is 3.37. The minimum atomic E-state index is -0.690. The average Bonchev–Trinajstić information content (AvgIpc) is 3.55. The molecule has 3 fully saturated rings. The summed E-state index contributed by atoms with van der Waals surface area (Å²) in [5.74, 6) is 0.345. The highest BCUT2D eigenvalue weighted by Crippen LogP contribution is 2.63. The first-order valence-electron chi connectivity index (χ1n) is 11.3. The van der Waals surface area contributed by atoms with Crippen molar-refractivity contribution in [3.8, 4) is 0 Å². The topological polar surface area (TPSA) is 59.9 Å². The van der Waals surface area contributed by atoms with Gasteiger partial charge in [-0.3, -0.25) is 15.1 Å². The third-order valence-electron chi connectivity index (χ3n) is 7.80. The number of benzene rings is 2. The van der Waals surface area contributed by atoms with Crippen molar-refractivity contribution >= 4 is 33.4 Å². The van der Waals surface area contributed by atoms with Crippen LogP contribution >= 0.6 is 15.9 Å². The predicted octanol–water partition coefficient (Wildman–Crippen LogP) is 3.70. The fourth-order valence-electron chi connectivity index (χ4n) is 6.54. The van der Waals surface area contributed by atoms with Gasteiger partial charge in [-0.05, 0) is 36.5 Å². The largest absolute Gasteiger partial charge is 0.468 e. The SMILES string of the molecule is COC(=O)[C@@H]1C[C@@]2(Br)c3ccccc3N3C(=N)[C@](Cc4ccccc4)(N4CCCC4)N1[C@H]32. The zero-order valence-electron chi connectivity index (χ0n) is 18.1. The molecule has 166 valence electrons. The van der Waals surface area contributed by atoms with Crippen molar-refractivity contribution in [2.45, 2.75) is 47.9 Å². The molecule has 0 radical (unpaired) electrons. The number of methoxy groups -OCH3 is 1. The molecule has 3 saturated heterocycles. The van der Waals surface area contributed by atoms with Crippen LogP contribution in [0.3, 0.4) is 0 Å². The summed E-state index contributed by atoms with van der Waals surface area (Å²) in [7, 11) is 1.47. The first-order valence-corrected chi connectivity index (χ1v) is 12.1. The van der Waals surface area contributed by atoms with Crippen molar-refractivity contribution in [2.24, 2.45) is 0 Å². The second kappa shape index (κ2) is 7.14. The first kappa shape index (κ1) is 20.4. The number of rotatable bonds is 4. The third-order valence-corrected chi connectivity index (χ3v) is 8.96. The lowest BCUT2D eigenvalue weighted by Gasteiger charge is -2.46. The van der Waals surface area contributed by atoms with E-state index in [4.69, 9.17) is 4.74 Å². The van der Waals surface area contributed by atoms with E-state index in [1.165, 1.54) is 12.7 Å². The Morgan fingerprint density at radius 1 is 1.12 bits per heavy atom. The lowest BCUT2D eigenvalue weighted by molar-refractivity contribution is -0.150. The number of hydrogen-bond acceptors (Lipinski definition) is 5. The Morgan fingerprint density at radius 2 is 1.81 bits per heavy atom. The molecule has 0 amide bonds. The van der Waals surface area contributed by atoms with Crippen LogP contribution in [0.1, 0.15) is 30.4 Å². The van der Waals surface area contributed by atoms with Gasteiger partial charge in [0, 0.05) is 25.2 Å². The monoisotopic (exact) mass is 494 g/mol. The molecule has 0 bridgehead atoms. The van der Waals surface area contributed by atoms with Gasteiger partial charge in [0.1, 0.15) is 23.7 Å². The van der Waals surface area contributed by atoms with Crippen LogP contribution in [0.4, 0.5) is 5.69 Å². The Bertz CT molecular complexity index is 1090. The van der Waals surface area contributed by atoms with Gasteiger partial charge in [-0.2, -0.15) is 0 Å². The summed E-state index contributed by atoms with van der Waals surface area (Å²) in [5.41, 5.74) is 2.71. The molecule has 2 aromatic carbocycles. The highest BCUT2D eigenvalue weighted by Gasteiger charge is 2.73. The molecule has 4 aliphatic rings. The van der Waals surface area contributed by atoms with Crippen LogP contribution in [0.5, 0.6) is 0 Å². The zero-order chi connectivity index (χ0) is 22.1. The Kier molecular flexibility index (Phi) is 4.55. The van der Waals surface area contributed by atoms with Crippen molar-refractivity contribution in [2.75, 3.05) is 25.1 Å². The van der Waals surface area contributed by atoms with E-state index in [1.54, 1.807) is 0 Å². The molecule has 0 spiro atoms. The normalized spacial score (nSPS) is 33.6. The fourth-order valence-corrected chi connectivity index (χ4v) is 7.61. The number of ether oxygens (including phenoxy) is 1. The first-order chi connectivity index (χ1) is 15.5. The maximum atomic E-state index is 13.2. The van der Waals surface area contributed by atoms with Crippen LogP contribution in [0.15, 0.2) is 54.6 Å². The molecule has 1 N–H and O–H groups in total. The summed E-state index contributed by atoms with van der Waals surface area (Å²) in [6.45, 7) is 1.86. The van der Waals surface area contributed by atoms with E-state index in [1.807, 2.05) is 18.2 Å². The van der Waals surface area contributed by atoms with E-state index in [0.29, 0.717) is 18.7 Å². The average molecular weight is 495 g/mol. The highest BCUT2D eigenvalue weighted by molar-refractivity contribution is 9.09. The molecule has 0 aliphatic carbocycles. The van der Waals surface area contributed by atoms with Crippen molar-refractivity contribution < 1.29 is 9.53 Å². The summed E-state index contributed by atoms with van der Waals surface area (Å²) in [6, 6.07) is 18.3. The molecular formula is C25H27BrN4O2. The van der Waals surface area contributed by atoms with Gasteiger partial charge in [0.15, 0.2) is 0 Å². The second-order valence-corrected chi connectivity index (χ2v) is 10.7. The van der Waals surface area contributed by atoms with Crippen LogP contribution in [0.25, 0.3) is 0 Å². The fraction of sp³-hybridized carbons (Fsp3) is 0.440. The Morgan fingerprint density at radius 3 is 2.53 bits per heavy atom. The highest BCUT2D eigenvalue weighted by atomic mass is 79.9. The molecule has 4 atom stereocenters. The number of esters is 1. The molecule has 4 heterocycles. The second-order valence-electron chi connectivity index (χ2n) is 9.30. The number of nitrogens with zero attached hydrogens (tertiary/aromatic N) is 3. The number of carbonyl (C=O) groups is 1. The molecule has 7 heteroatoms. The van der Waals surface area contributed by atoms with Crippen molar-refractivity contribution in [1.82, 2.24) is 9.80 Å². The summed E-state index contributed by atoms with van der Waals surface area (Å²) in [4.78, 5) is 20.1.